The first-order valence-corrected chi connectivity index (χ1v) is 7.97. The van der Waals surface area contributed by atoms with Gasteiger partial charge in [-0.05, 0) is 25.1 Å². The van der Waals surface area contributed by atoms with Gasteiger partial charge in [0.05, 0.1) is 23.7 Å². The molecule has 0 radical (unpaired) electrons. The minimum atomic E-state index is -0.109. The number of nitrogens with zero attached hydrogens (tertiary/aromatic N) is 3. The summed E-state index contributed by atoms with van der Waals surface area (Å²) in [7, 11) is 0. The molecule has 2 aromatic rings. The summed E-state index contributed by atoms with van der Waals surface area (Å²) in [5.74, 6) is 0.719. The van der Waals surface area contributed by atoms with Crippen LogP contribution in [-0.2, 0) is 11.3 Å². The number of carbonyl (C=O) groups is 2. The SMILES string of the molecule is CC1Sc2ccc(C(=O)N3CCn4nccc43)cc2NC1=O. The fraction of sp³-hybridized carbons (Fsp3) is 0.267. The Hall–Kier alpha value is -2.28. The summed E-state index contributed by atoms with van der Waals surface area (Å²) in [5.41, 5.74) is 1.29. The molecule has 112 valence electrons. The predicted molar refractivity (Wildman–Crippen MR) is 84.3 cm³/mol. The lowest BCUT2D eigenvalue weighted by Gasteiger charge is -2.22. The topological polar surface area (TPSA) is 67.2 Å². The van der Waals surface area contributed by atoms with E-state index < -0.39 is 0 Å². The van der Waals surface area contributed by atoms with Gasteiger partial charge in [0.2, 0.25) is 5.91 Å². The highest BCUT2D eigenvalue weighted by Crippen LogP contribution is 2.36. The molecule has 1 atom stereocenters. The molecule has 4 rings (SSSR count). The number of thioether (sulfide) groups is 1. The van der Waals surface area contributed by atoms with Crippen LogP contribution in [0.5, 0.6) is 0 Å². The Morgan fingerprint density at radius 3 is 3.09 bits per heavy atom. The second-order valence-electron chi connectivity index (χ2n) is 5.33. The van der Waals surface area contributed by atoms with Gasteiger partial charge in [0, 0.05) is 23.1 Å². The van der Waals surface area contributed by atoms with Crippen molar-refractivity contribution in [1.29, 1.82) is 0 Å². The van der Waals surface area contributed by atoms with E-state index in [0.29, 0.717) is 24.3 Å². The predicted octanol–water partition coefficient (Wildman–Crippen LogP) is 1.98. The van der Waals surface area contributed by atoms with E-state index in [9.17, 15) is 9.59 Å². The molecule has 0 spiro atoms. The fourth-order valence-corrected chi connectivity index (χ4v) is 3.67. The van der Waals surface area contributed by atoms with Crippen molar-refractivity contribution in [3.63, 3.8) is 0 Å². The zero-order valence-corrected chi connectivity index (χ0v) is 12.8. The van der Waals surface area contributed by atoms with Crippen molar-refractivity contribution in [2.24, 2.45) is 0 Å². The van der Waals surface area contributed by atoms with E-state index in [-0.39, 0.29) is 17.1 Å². The third-order valence-electron chi connectivity index (χ3n) is 3.91. The number of anilines is 2. The highest BCUT2D eigenvalue weighted by molar-refractivity contribution is 8.00. The van der Waals surface area contributed by atoms with Crippen LogP contribution in [0.15, 0.2) is 35.4 Å². The summed E-state index contributed by atoms with van der Waals surface area (Å²) < 4.78 is 1.82. The summed E-state index contributed by atoms with van der Waals surface area (Å²) in [6.07, 6.45) is 1.69. The zero-order chi connectivity index (χ0) is 15.3. The lowest BCUT2D eigenvalue weighted by Crippen LogP contribution is -2.30. The first kappa shape index (κ1) is 13.4. The maximum atomic E-state index is 12.7. The average molecular weight is 314 g/mol. The minimum absolute atomic E-state index is 0.0265. The number of aromatic nitrogens is 2. The van der Waals surface area contributed by atoms with Crippen LogP contribution in [0.1, 0.15) is 17.3 Å². The average Bonchev–Trinajstić information content (AvgIpc) is 3.10. The van der Waals surface area contributed by atoms with E-state index in [2.05, 4.69) is 10.4 Å². The van der Waals surface area contributed by atoms with E-state index in [1.165, 1.54) is 11.8 Å². The van der Waals surface area contributed by atoms with Crippen LogP contribution in [0.3, 0.4) is 0 Å². The molecule has 1 aromatic carbocycles. The van der Waals surface area contributed by atoms with Crippen molar-refractivity contribution in [1.82, 2.24) is 9.78 Å². The van der Waals surface area contributed by atoms with Crippen molar-refractivity contribution >= 4 is 35.1 Å². The molecule has 1 N–H and O–H groups in total. The summed E-state index contributed by atoms with van der Waals surface area (Å²) in [6.45, 7) is 3.20. The van der Waals surface area contributed by atoms with Crippen molar-refractivity contribution in [3.8, 4) is 0 Å². The first-order valence-electron chi connectivity index (χ1n) is 7.09. The van der Waals surface area contributed by atoms with Gasteiger partial charge in [-0.15, -0.1) is 11.8 Å². The highest BCUT2D eigenvalue weighted by Gasteiger charge is 2.28. The van der Waals surface area contributed by atoms with Crippen molar-refractivity contribution in [2.75, 3.05) is 16.8 Å². The van der Waals surface area contributed by atoms with Gasteiger partial charge in [-0.1, -0.05) is 0 Å². The van der Waals surface area contributed by atoms with Crippen LogP contribution >= 0.6 is 11.8 Å². The first-order chi connectivity index (χ1) is 10.6. The molecule has 0 aliphatic carbocycles. The number of carbonyl (C=O) groups excluding carboxylic acids is 2. The van der Waals surface area contributed by atoms with Crippen molar-refractivity contribution in [2.45, 2.75) is 23.6 Å². The van der Waals surface area contributed by atoms with Gasteiger partial charge in [0.15, 0.2) is 0 Å². The number of rotatable bonds is 1. The summed E-state index contributed by atoms with van der Waals surface area (Å²) in [5, 5.41) is 6.93. The number of amides is 2. The molecule has 0 saturated heterocycles. The van der Waals surface area contributed by atoms with E-state index in [1.54, 1.807) is 17.2 Å². The molecule has 6 nitrogen and oxygen atoms in total. The Labute approximate surface area is 131 Å². The smallest absolute Gasteiger partial charge is 0.259 e. The molecule has 0 saturated carbocycles. The van der Waals surface area contributed by atoms with Crippen molar-refractivity contribution in [3.05, 3.63) is 36.0 Å². The molecule has 1 aromatic heterocycles. The third-order valence-corrected chi connectivity index (χ3v) is 5.09. The van der Waals surface area contributed by atoms with E-state index >= 15 is 0 Å². The molecule has 2 amide bonds. The summed E-state index contributed by atoms with van der Waals surface area (Å²) in [4.78, 5) is 27.2. The molecule has 2 aliphatic rings. The van der Waals surface area contributed by atoms with Crippen LogP contribution < -0.4 is 10.2 Å². The Morgan fingerprint density at radius 1 is 1.36 bits per heavy atom. The van der Waals surface area contributed by atoms with E-state index in [0.717, 1.165) is 10.7 Å². The number of nitrogens with one attached hydrogen (secondary N) is 1. The summed E-state index contributed by atoms with van der Waals surface area (Å²) >= 11 is 1.51. The van der Waals surface area contributed by atoms with Crippen LogP contribution in [0, 0.1) is 0 Å². The van der Waals surface area contributed by atoms with Crippen LogP contribution in [-0.4, -0.2) is 33.4 Å². The number of hydrogen-bond acceptors (Lipinski definition) is 4. The quantitative estimate of drug-likeness (QED) is 0.874. The highest BCUT2D eigenvalue weighted by atomic mass is 32.2. The van der Waals surface area contributed by atoms with Gasteiger partial charge in [0.1, 0.15) is 5.82 Å². The van der Waals surface area contributed by atoms with Crippen LogP contribution in [0.2, 0.25) is 0 Å². The normalized spacial score (nSPS) is 19.6. The third kappa shape index (κ3) is 2.00. The zero-order valence-electron chi connectivity index (χ0n) is 11.9. The molecule has 0 bridgehead atoms. The molecule has 3 heterocycles. The molecule has 0 fully saturated rings. The number of fused-ring (bicyclic) bond motifs is 2. The van der Waals surface area contributed by atoms with Gasteiger partial charge < -0.3 is 5.32 Å². The second-order valence-corrected chi connectivity index (χ2v) is 6.71. The Bertz CT molecular complexity index is 786. The molecule has 1 unspecified atom stereocenters. The lowest BCUT2D eigenvalue weighted by atomic mass is 10.1. The minimum Gasteiger partial charge on any atom is -0.324 e. The fourth-order valence-electron chi connectivity index (χ4n) is 2.74. The maximum Gasteiger partial charge on any atom is 0.259 e. The van der Waals surface area contributed by atoms with Gasteiger partial charge in [0.25, 0.3) is 5.91 Å². The molecule has 7 heteroatoms. The van der Waals surface area contributed by atoms with Gasteiger partial charge in [-0.3, -0.25) is 14.5 Å². The largest absolute Gasteiger partial charge is 0.324 e. The molecule has 22 heavy (non-hydrogen) atoms. The van der Waals surface area contributed by atoms with E-state index in [1.807, 2.05) is 29.8 Å². The van der Waals surface area contributed by atoms with Crippen molar-refractivity contribution < 1.29 is 9.59 Å². The van der Waals surface area contributed by atoms with Gasteiger partial charge in [-0.2, -0.15) is 5.10 Å². The molecular formula is C15H14N4O2S. The number of benzene rings is 1. The Balaban J connectivity index is 1.66. The Kier molecular flexibility index (Phi) is 2.97. The van der Waals surface area contributed by atoms with Crippen LogP contribution in [0.25, 0.3) is 0 Å². The maximum absolute atomic E-state index is 12.7. The monoisotopic (exact) mass is 314 g/mol. The summed E-state index contributed by atoms with van der Waals surface area (Å²) in [6, 6.07) is 7.31. The van der Waals surface area contributed by atoms with Crippen LogP contribution in [0.4, 0.5) is 11.5 Å². The number of hydrogen-bond donors (Lipinski definition) is 1. The molecular weight excluding hydrogens is 300 g/mol. The lowest BCUT2D eigenvalue weighted by molar-refractivity contribution is -0.115. The molecule has 2 aliphatic heterocycles. The van der Waals surface area contributed by atoms with E-state index in [4.69, 9.17) is 0 Å². The van der Waals surface area contributed by atoms with Gasteiger partial charge >= 0.3 is 0 Å². The second kappa shape index (κ2) is 4.88. The van der Waals surface area contributed by atoms with Gasteiger partial charge in [-0.25, -0.2) is 4.68 Å². The standard InChI is InChI=1S/C15H14N4O2S/c1-9-14(20)17-11-8-10(2-3-12(11)22-9)15(21)18-6-7-19-13(18)4-5-16-19/h2-5,8-9H,6-7H2,1H3,(H,17,20). The Morgan fingerprint density at radius 2 is 2.23 bits per heavy atom.